The lowest BCUT2D eigenvalue weighted by Crippen LogP contribution is -2.40. The van der Waals surface area contributed by atoms with Crippen molar-refractivity contribution in [2.45, 2.75) is 26.8 Å². The fourth-order valence-corrected chi connectivity index (χ4v) is 1.82. The molecule has 5 heteroatoms. The zero-order chi connectivity index (χ0) is 13.5. The van der Waals surface area contributed by atoms with Gasteiger partial charge in [-0.25, -0.2) is 0 Å². The van der Waals surface area contributed by atoms with Crippen molar-refractivity contribution in [2.24, 2.45) is 5.92 Å². The van der Waals surface area contributed by atoms with Gasteiger partial charge in [-0.2, -0.15) is 5.10 Å². The molecule has 0 fully saturated rings. The second kappa shape index (κ2) is 7.16. The third kappa shape index (κ3) is 4.14. The Morgan fingerprint density at radius 1 is 1.44 bits per heavy atom. The largest absolute Gasteiger partial charge is 0.383 e. The molecule has 1 amide bonds. The van der Waals surface area contributed by atoms with Crippen LogP contribution in [0.5, 0.6) is 0 Å². The van der Waals surface area contributed by atoms with Crippen LogP contribution in [0.1, 0.15) is 26.8 Å². The minimum atomic E-state index is -0.268. The van der Waals surface area contributed by atoms with E-state index in [0.717, 1.165) is 6.54 Å². The summed E-state index contributed by atoms with van der Waals surface area (Å²) in [7, 11) is 1.65. The number of hydrogen-bond donors (Lipinski definition) is 0. The van der Waals surface area contributed by atoms with Crippen molar-refractivity contribution in [3.8, 4) is 0 Å². The third-order valence-electron chi connectivity index (χ3n) is 2.74. The summed E-state index contributed by atoms with van der Waals surface area (Å²) < 4.78 is 6.74. The van der Waals surface area contributed by atoms with Gasteiger partial charge in [-0.15, -0.1) is 0 Å². The molecule has 1 unspecified atom stereocenters. The van der Waals surface area contributed by atoms with Crippen LogP contribution >= 0.6 is 0 Å². The van der Waals surface area contributed by atoms with Gasteiger partial charge in [0.25, 0.3) is 0 Å². The number of rotatable bonds is 7. The fraction of sp³-hybridized carbons (Fsp3) is 0.692. The van der Waals surface area contributed by atoms with Gasteiger partial charge in [0, 0.05) is 32.6 Å². The zero-order valence-electron chi connectivity index (χ0n) is 11.7. The van der Waals surface area contributed by atoms with Crippen LogP contribution in [0.4, 0.5) is 0 Å². The third-order valence-corrected chi connectivity index (χ3v) is 2.74. The van der Waals surface area contributed by atoms with Crippen LogP contribution < -0.4 is 0 Å². The minimum absolute atomic E-state index is 0.0875. The van der Waals surface area contributed by atoms with Crippen molar-refractivity contribution in [1.82, 2.24) is 14.7 Å². The van der Waals surface area contributed by atoms with Crippen LogP contribution in [0.2, 0.25) is 0 Å². The van der Waals surface area contributed by atoms with Crippen LogP contribution in [0.3, 0.4) is 0 Å². The first-order chi connectivity index (χ1) is 8.56. The van der Waals surface area contributed by atoms with E-state index < -0.39 is 0 Å². The summed E-state index contributed by atoms with van der Waals surface area (Å²) in [6.07, 6.45) is 3.50. The molecular weight excluding hydrogens is 230 g/mol. The lowest BCUT2D eigenvalue weighted by molar-refractivity contribution is -0.135. The van der Waals surface area contributed by atoms with E-state index in [1.54, 1.807) is 18.0 Å². The van der Waals surface area contributed by atoms with Gasteiger partial charge in [-0.3, -0.25) is 9.48 Å². The van der Waals surface area contributed by atoms with E-state index in [2.05, 4.69) is 18.9 Å². The highest BCUT2D eigenvalue weighted by molar-refractivity contribution is 5.80. The molecule has 0 bridgehead atoms. The average molecular weight is 253 g/mol. The zero-order valence-corrected chi connectivity index (χ0v) is 11.7. The molecule has 1 aromatic rings. The summed E-state index contributed by atoms with van der Waals surface area (Å²) in [6.45, 7) is 8.00. The number of hydrogen-bond acceptors (Lipinski definition) is 3. The van der Waals surface area contributed by atoms with E-state index in [1.807, 2.05) is 24.1 Å². The maximum Gasteiger partial charge on any atom is 0.247 e. The number of methoxy groups -OCH3 is 1. The van der Waals surface area contributed by atoms with Gasteiger partial charge in [-0.05, 0) is 18.9 Å². The number of aromatic nitrogens is 2. The number of amides is 1. The molecular formula is C13H23N3O2. The van der Waals surface area contributed by atoms with Crippen molar-refractivity contribution in [3.63, 3.8) is 0 Å². The van der Waals surface area contributed by atoms with Gasteiger partial charge >= 0.3 is 0 Å². The Morgan fingerprint density at radius 2 is 2.17 bits per heavy atom. The predicted octanol–water partition coefficient (Wildman–Crippen LogP) is 1.58. The first-order valence-electron chi connectivity index (χ1n) is 6.33. The molecule has 1 heterocycles. The summed E-state index contributed by atoms with van der Waals surface area (Å²) in [5.41, 5.74) is 0. The molecule has 1 aromatic heterocycles. The summed E-state index contributed by atoms with van der Waals surface area (Å²) in [5.74, 6) is 0.528. The molecule has 5 nitrogen and oxygen atoms in total. The molecule has 0 saturated heterocycles. The highest BCUT2D eigenvalue weighted by atomic mass is 16.5. The Balaban J connectivity index is 2.68. The topological polar surface area (TPSA) is 47.4 Å². The smallest absolute Gasteiger partial charge is 0.247 e. The molecule has 0 saturated carbocycles. The second-order valence-electron chi connectivity index (χ2n) is 4.83. The second-order valence-corrected chi connectivity index (χ2v) is 4.83. The quantitative estimate of drug-likeness (QED) is 0.741. The Bertz CT molecular complexity index is 349. The molecule has 0 spiro atoms. The van der Waals surface area contributed by atoms with Crippen LogP contribution in [-0.4, -0.2) is 47.4 Å². The van der Waals surface area contributed by atoms with E-state index in [4.69, 9.17) is 4.74 Å². The fourth-order valence-electron chi connectivity index (χ4n) is 1.82. The summed E-state index contributed by atoms with van der Waals surface area (Å²) in [6, 6.07) is 1.56. The summed E-state index contributed by atoms with van der Waals surface area (Å²) in [4.78, 5) is 14.2. The Labute approximate surface area is 109 Å². The highest BCUT2D eigenvalue weighted by Crippen LogP contribution is 2.10. The SMILES string of the molecule is COCCN(CC(C)C)C(=O)C(C)n1cccn1. The number of ether oxygens (including phenoxy) is 1. The van der Waals surface area contributed by atoms with Crippen LogP contribution in [0, 0.1) is 5.92 Å². The summed E-state index contributed by atoms with van der Waals surface area (Å²) in [5, 5.41) is 4.12. The Hall–Kier alpha value is -1.36. The minimum Gasteiger partial charge on any atom is -0.383 e. The molecule has 18 heavy (non-hydrogen) atoms. The lowest BCUT2D eigenvalue weighted by atomic mass is 10.2. The standard InChI is InChI=1S/C13H23N3O2/c1-11(2)10-15(8-9-18-4)13(17)12(3)16-7-5-6-14-16/h5-7,11-12H,8-10H2,1-4H3. The molecule has 0 aliphatic carbocycles. The molecule has 0 radical (unpaired) electrons. The van der Waals surface area contributed by atoms with Crippen molar-refractivity contribution in [2.75, 3.05) is 26.8 Å². The highest BCUT2D eigenvalue weighted by Gasteiger charge is 2.22. The molecule has 0 aliphatic heterocycles. The van der Waals surface area contributed by atoms with Crippen LogP contribution in [0.25, 0.3) is 0 Å². The van der Waals surface area contributed by atoms with Crippen molar-refractivity contribution < 1.29 is 9.53 Å². The maximum atomic E-state index is 12.4. The molecule has 0 aromatic carbocycles. The van der Waals surface area contributed by atoms with Crippen LogP contribution in [-0.2, 0) is 9.53 Å². The van der Waals surface area contributed by atoms with Gasteiger partial charge in [-0.1, -0.05) is 13.8 Å². The number of carbonyl (C=O) groups is 1. The first kappa shape index (κ1) is 14.7. The maximum absolute atomic E-state index is 12.4. The van der Waals surface area contributed by atoms with Gasteiger partial charge in [0.2, 0.25) is 5.91 Å². The van der Waals surface area contributed by atoms with Gasteiger partial charge in [0.1, 0.15) is 6.04 Å². The van der Waals surface area contributed by atoms with E-state index in [1.165, 1.54) is 0 Å². The van der Waals surface area contributed by atoms with Gasteiger partial charge in [0.15, 0.2) is 0 Å². The summed E-state index contributed by atoms with van der Waals surface area (Å²) >= 11 is 0. The molecule has 1 rings (SSSR count). The number of nitrogens with zero attached hydrogens (tertiary/aromatic N) is 3. The first-order valence-corrected chi connectivity index (χ1v) is 6.33. The normalized spacial score (nSPS) is 12.7. The molecule has 1 atom stereocenters. The average Bonchev–Trinajstić information content (AvgIpc) is 2.85. The molecule has 102 valence electrons. The molecule has 0 N–H and O–H groups in total. The van der Waals surface area contributed by atoms with Crippen molar-refractivity contribution >= 4 is 5.91 Å². The monoisotopic (exact) mass is 253 g/mol. The number of carbonyl (C=O) groups excluding carboxylic acids is 1. The van der Waals surface area contributed by atoms with Crippen LogP contribution in [0.15, 0.2) is 18.5 Å². The van der Waals surface area contributed by atoms with E-state index in [9.17, 15) is 4.79 Å². The molecule has 0 aliphatic rings. The Kier molecular flexibility index (Phi) is 5.85. The van der Waals surface area contributed by atoms with E-state index >= 15 is 0 Å². The lowest BCUT2D eigenvalue weighted by Gasteiger charge is -2.27. The van der Waals surface area contributed by atoms with Gasteiger partial charge < -0.3 is 9.64 Å². The van der Waals surface area contributed by atoms with Gasteiger partial charge in [0.05, 0.1) is 6.61 Å². The Morgan fingerprint density at radius 3 is 2.67 bits per heavy atom. The van der Waals surface area contributed by atoms with Crippen molar-refractivity contribution in [3.05, 3.63) is 18.5 Å². The van der Waals surface area contributed by atoms with E-state index in [0.29, 0.717) is 19.1 Å². The van der Waals surface area contributed by atoms with Crippen molar-refractivity contribution in [1.29, 1.82) is 0 Å². The van der Waals surface area contributed by atoms with E-state index in [-0.39, 0.29) is 11.9 Å². The predicted molar refractivity (Wildman–Crippen MR) is 70.2 cm³/mol.